The minimum atomic E-state index is -0.321. The first-order chi connectivity index (χ1) is 13.0. The minimum absolute atomic E-state index is 0.286. The zero-order valence-electron chi connectivity index (χ0n) is 17.1. The second kappa shape index (κ2) is 11.1. The van der Waals surface area contributed by atoms with Crippen LogP contribution >= 0.6 is 0 Å². The molecule has 1 amide bonds. The molecular formula is C23H35N3O. The summed E-state index contributed by atoms with van der Waals surface area (Å²) in [5.74, 6) is -0.286. The molecule has 4 heteroatoms. The van der Waals surface area contributed by atoms with Crippen LogP contribution in [-0.4, -0.2) is 44.0 Å². The van der Waals surface area contributed by atoms with Gasteiger partial charge in [0, 0.05) is 0 Å². The third-order valence-electron chi connectivity index (χ3n) is 4.99. The normalized spacial score (nSPS) is 12.6. The number of aryl methyl sites for hydroxylation is 1. The number of amides is 1. The van der Waals surface area contributed by atoms with Gasteiger partial charge in [-0.3, -0.25) is 4.79 Å². The molecule has 3 N–H and O–H groups in total. The number of primary amides is 1. The lowest BCUT2D eigenvalue weighted by atomic mass is 9.98. The van der Waals surface area contributed by atoms with Crippen molar-refractivity contribution >= 4 is 16.7 Å². The highest BCUT2D eigenvalue weighted by molar-refractivity contribution is 5.84. The van der Waals surface area contributed by atoms with Crippen LogP contribution in [0.3, 0.4) is 0 Å². The Kier molecular flexibility index (Phi) is 8.76. The molecule has 2 aromatic rings. The van der Waals surface area contributed by atoms with Gasteiger partial charge in [-0.1, -0.05) is 56.2 Å². The number of rotatable bonds is 12. The Balaban J connectivity index is 1.99. The van der Waals surface area contributed by atoms with Crippen LogP contribution in [0, 0.1) is 0 Å². The van der Waals surface area contributed by atoms with Gasteiger partial charge >= 0.3 is 0 Å². The molecule has 0 heterocycles. The Hall–Kier alpha value is -1.91. The predicted molar refractivity (Wildman–Crippen MR) is 115 cm³/mol. The van der Waals surface area contributed by atoms with Gasteiger partial charge < -0.3 is 16.0 Å². The van der Waals surface area contributed by atoms with E-state index in [9.17, 15) is 4.79 Å². The van der Waals surface area contributed by atoms with Crippen LogP contribution in [0.5, 0.6) is 0 Å². The van der Waals surface area contributed by atoms with Gasteiger partial charge in [-0.25, -0.2) is 0 Å². The SMILES string of the molecule is CCCCCc1ccc2cc(C[C@H](NCCCN(C)C)C(N)=O)ccc2c1. The molecule has 0 unspecified atom stereocenters. The molecule has 2 rings (SSSR count). The molecule has 0 bridgehead atoms. The Labute approximate surface area is 164 Å². The van der Waals surface area contributed by atoms with Crippen molar-refractivity contribution in [2.24, 2.45) is 5.73 Å². The molecule has 0 aromatic heterocycles. The molecule has 148 valence electrons. The lowest BCUT2D eigenvalue weighted by Gasteiger charge is -2.17. The first kappa shape index (κ1) is 21.4. The number of carbonyl (C=O) groups excluding carboxylic acids is 1. The molecule has 0 spiro atoms. The van der Waals surface area contributed by atoms with Gasteiger partial charge in [-0.15, -0.1) is 0 Å². The van der Waals surface area contributed by atoms with E-state index in [-0.39, 0.29) is 11.9 Å². The molecule has 0 aliphatic carbocycles. The third kappa shape index (κ3) is 7.31. The molecule has 0 aliphatic heterocycles. The van der Waals surface area contributed by atoms with E-state index in [0.29, 0.717) is 6.42 Å². The molecule has 27 heavy (non-hydrogen) atoms. The number of nitrogens with zero attached hydrogens (tertiary/aromatic N) is 1. The second-order valence-electron chi connectivity index (χ2n) is 7.74. The maximum Gasteiger partial charge on any atom is 0.234 e. The van der Waals surface area contributed by atoms with E-state index in [1.807, 2.05) is 0 Å². The summed E-state index contributed by atoms with van der Waals surface area (Å²) in [7, 11) is 4.10. The Morgan fingerprint density at radius 1 is 1.04 bits per heavy atom. The molecular weight excluding hydrogens is 334 g/mol. The fraction of sp³-hybridized carbons (Fsp3) is 0.522. The number of benzene rings is 2. The van der Waals surface area contributed by atoms with Gasteiger partial charge in [-0.05, 0) is 74.8 Å². The second-order valence-corrected chi connectivity index (χ2v) is 7.74. The monoisotopic (exact) mass is 369 g/mol. The summed E-state index contributed by atoms with van der Waals surface area (Å²) >= 11 is 0. The van der Waals surface area contributed by atoms with E-state index >= 15 is 0 Å². The third-order valence-corrected chi connectivity index (χ3v) is 4.99. The lowest BCUT2D eigenvalue weighted by molar-refractivity contribution is -0.120. The highest BCUT2D eigenvalue weighted by atomic mass is 16.1. The fourth-order valence-corrected chi connectivity index (χ4v) is 3.39. The van der Waals surface area contributed by atoms with Crippen molar-refractivity contribution in [1.29, 1.82) is 0 Å². The summed E-state index contributed by atoms with van der Waals surface area (Å²) in [6.07, 6.45) is 6.56. The highest BCUT2D eigenvalue weighted by Crippen LogP contribution is 2.20. The summed E-state index contributed by atoms with van der Waals surface area (Å²) in [6.45, 7) is 4.02. The lowest BCUT2D eigenvalue weighted by Crippen LogP contribution is -2.43. The zero-order valence-corrected chi connectivity index (χ0v) is 17.1. The van der Waals surface area contributed by atoms with Crippen molar-refractivity contribution < 1.29 is 4.79 Å². The highest BCUT2D eigenvalue weighted by Gasteiger charge is 2.15. The predicted octanol–water partition coefficient (Wildman–Crippen LogP) is 3.51. The van der Waals surface area contributed by atoms with Crippen molar-refractivity contribution in [2.75, 3.05) is 27.2 Å². The molecule has 0 aliphatic rings. The number of nitrogens with one attached hydrogen (secondary N) is 1. The smallest absolute Gasteiger partial charge is 0.234 e. The molecule has 1 atom stereocenters. The zero-order chi connectivity index (χ0) is 19.6. The van der Waals surface area contributed by atoms with Crippen LogP contribution in [-0.2, 0) is 17.6 Å². The molecule has 2 aromatic carbocycles. The summed E-state index contributed by atoms with van der Waals surface area (Å²) in [4.78, 5) is 14.0. The van der Waals surface area contributed by atoms with Crippen LogP contribution in [0.4, 0.5) is 0 Å². The Bertz CT molecular complexity index is 727. The van der Waals surface area contributed by atoms with Crippen molar-refractivity contribution in [2.45, 2.75) is 51.5 Å². The number of hydrogen-bond donors (Lipinski definition) is 2. The van der Waals surface area contributed by atoms with Crippen molar-refractivity contribution in [3.05, 3.63) is 47.5 Å². The number of carbonyl (C=O) groups is 1. The van der Waals surface area contributed by atoms with E-state index < -0.39 is 0 Å². The summed E-state index contributed by atoms with van der Waals surface area (Å²) < 4.78 is 0. The van der Waals surface area contributed by atoms with Crippen molar-refractivity contribution in [3.63, 3.8) is 0 Å². The molecule has 0 radical (unpaired) electrons. The van der Waals surface area contributed by atoms with E-state index in [4.69, 9.17) is 5.73 Å². The molecule has 0 saturated carbocycles. The summed E-state index contributed by atoms with van der Waals surface area (Å²) in [6, 6.07) is 12.9. The topological polar surface area (TPSA) is 58.4 Å². The maximum atomic E-state index is 11.8. The molecule has 0 fully saturated rings. The van der Waals surface area contributed by atoms with E-state index in [2.05, 4.69) is 67.6 Å². The number of fused-ring (bicyclic) bond motifs is 1. The Morgan fingerprint density at radius 3 is 2.33 bits per heavy atom. The van der Waals surface area contributed by atoms with Gasteiger partial charge in [0.2, 0.25) is 5.91 Å². The van der Waals surface area contributed by atoms with Crippen LogP contribution in [0.15, 0.2) is 36.4 Å². The first-order valence-corrected chi connectivity index (χ1v) is 10.2. The number of unbranched alkanes of at least 4 members (excludes halogenated alkanes) is 2. The maximum absolute atomic E-state index is 11.8. The van der Waals surface area contributed by atoms with Crippen LogP contribution < -0.4 is 11.1 Å². The van der Waals surface area contributed by atoms with Crippen LogP contribution in [0.25, 0.3) is 10.8 Å². The van der Waals surface area contributed by atoms with Crippen LogP contribution in [0.1, 0.15) is 43.7 Å². The fourth-order valence-electron chi connectivity index (χ4n) is 3.39. The van der Waals surface area contributed by atoms with Crippen molar-refractivity contribution in [3.8, 4) is 0 Å². The minimum Gasteiger partial charge on any atom is -0.368 e. The van der Waals surface area contributed by atoms with Gasteiger partial charge in [0.1, 0.15) is 0 Å². The van der Waals surface area contributed by atoms with Crippen LogP contribution in [0.2, 0.25) is 0 Å². The molecule has 4 nitrogen and oxygen atoms in total. The van der Waals surface area contributed by atoms with E-state index in [0.717, 1.165) is 31.5 Å². The summed E-state index contributed by atoms with van der Waals surface area (Å²) in [5, 5.41) is 5.80. The average molecular weight is 370 g/mol. The molecule has 0 saturated heterocycles. The van der Waals surface area contributed by atoms with Gasteiger partial charge in [-0.2, -0.15) is 0 Å². The summed E-state index contributed by atoms with van der Waals surface area (Å²) in [5.41, 5.74) is 8.15. The van der Waals surface area contributed by atoms with E-state index in [1.54, 1.807) is 0 Å². The van der Waals surface area contributed by atoms with Gasteiger partial charge in [0.05, 0.1) is 6.04 Å². The number of nitrogens with two attached hydrogens (primary N) is 1. The van der Waals surface area contributed by atoms with Crippen molar-refractivity contribution in [1.82, 2.24) is 10.2 Å². The Morgan fingerprint density at radius 2 is 1.70 bits per heavy atom. The average Bonchev–Trinajstić information content (AvgIpc) is 2.64. The van der Waals surface area contributed by atoms with Gasteiger partial charge in [0.25, 0.3) is 0 Å². The standard InChI is InChI=1S/C23H35N3O/c1-4-5-6-8-18-9-11-21-16-19(10-12-20(21)15-18)17-22(23(24)27)25-13-7-14-26(2)3/h9-12,15-16,22,25H,4-8,13-14,17H2,1-3H3,(H2,24,27)/t22-/m0/s1. The van der Waals surface area contributed by atoms with E-state index in [1.165, 1.54) is 35.6 Å². The first-order valence-electron chi connectivity index (χ1n) is 10.2. The van der Waals surface area contributed by atoms with Gasteiger partial charge in [0.15, 0.2) is 0 Å². The number of hydrogen-bond acceptors (Lipinski definition) is 3. The largest absolute Gasteiger partial charge is 0.368 e. The quantitative estimate of drug-likeness (QED) is 0.563.